The van der Waals surface area contributed by atoms with Crippen LogP contribution in [-0.2, 0) is 6.54 Å². The summed E-state index contributed by atoms with van der Waals surface area (Å²) in [6.45, 7) is 9.90. The molecule has 1 aliphatic rings. The Hall–Kier alpha value is -2.00. The summed E-state index contributed by atoms with van der Waals surface area (Å²) in [5.41, 5.74) is 1.90. The average Bonchev–Trinajstić information content (AvgIpc) is 3.24. The standard InChI is InChI=1S/C20H26N4O3S/c1-13-10-16(22-27-13)12-23-6-8-24(9-7-23)20(14(2)25)26-17-4-5-19-18(11-17)21-15(3)28-19/h4-5,10-11,14,20,25H,6-9,12H2,1-3H3/t14-,20?/m1/s1. The molecule has 2 aromatic heterocycles. The molecule has 3 aromatic rings. The highest BCUT2D eigenvalue weighted by atomic mass is 32.1. The van der Waals surface area contributed by atoms with Gasteiger partial charge in [0, 0.05) is 44.9 Å². The lowest BCUT2D eigenvalue weighted by Crippen LogP contribution is -2.55. The molecule has 7 nitrogen and oxygen atoms in total. The van der Waals surface area contributed by atoms with E-state index in [2.05, 4.69) is 19.9 Å². The van der Waals surface area contributed by atoms with Crippen LogP contribution in [0.25, 0.3) is 10.2 Å². The maximum absolute atomic E-state index is 10.3. The van der Waals surface area contributed by atoms with E-state index in [-0.39, 0.29) is 6.23 Å². The third kappa shape index (κ3) is 4.35. The number of aromatic nitrogens is 2. The van der Waals surface area contributed by atoms with E-state index in [1.165, 1.54) is 0 Å². The van der Waals surface area contributed by atoms with E-state index in [0.29, 0.717) is 0 Å². The summed E-state index contributed by atoms with van der Waals surface area (Å²) in [6.07, 6.45) is -0.980. The minimum absolute atomic E-state index is 0.381. The summed E-state index contributed by atoms with van der Waals surface area (Å²) < 4.78 is 12.5. The predicted octanol–water partition coefficient (Wildman–Crippen LogP) is 2.80. The van der Waals surface area contributed by atoms with E-state index in [9.17, 15) is 5.11 Å². The van der Waals surface area contributed by atoms with E-state index < -0.39 is 6.10 Å². The zero-order valence-corrected chi connectivity index (χ0v) is 17.3. The molecule has 0 amide bonds. The summed E-state index contributed by atoms with van der Waals surface area (Å²) in [5, 5.41) is 15.4. The normalized spacial score (nSPS) is 18.4. The van der Waals surface area contributed by atoms with Crippen LogP contribution in [0.3, 0.4) is 0 Å². The second kappa shape index (κ2) is 8.16. The first kappa shape index (κ1) is 19.3. The second-order valence-corrected chi connectivity index (χ2v) is 8.59. The van der Waals surface area contributed by atoms with Gasteiger partial charge in [0.1, 0.15) is 17.6 Å². The fraction of sp³-hybridized carbons (Fsp3) is 0.500. The number of piperazine rings is 1. The van der Waals surface area contributed by atoms with Crippen molar-refractivity contribution in [2.24, 2.45) is 0 Å². The van der Waals surface area contributed by atoms with Gasteiger partial charge in [0.25, 0.3) is 0 Å². The number of rotatable bonds is 6. The Morgan fingerprint density at radius 1 is 1.21 bits per heavy atom. The Bertz CT molecular complexity index is 931. The maximum Gasteiger partial charge on any atom is 0.178 e. The summed E-state index contributed by atoms with van der Waals surface area (Å²) in [7, 11) is 0. The van der Waals surface area contributed by atoms with Crippen LogP contribution >= 0.6 is 11.3 Å². The first-order valence-electron chi connectivity index (χ1n) is 9.58. The molecule has 0 aliphatic carbocycles. The van der Waals surface area contributed by atoms with Crippen molar-refractivity contribution in [1.29, 1.82) is 0 Å². The Morgan fingerprint density at radius 3 is 2.68 bits per heavy atom. The third-order valence-electron chi connectivity index (χ3n) is 4.96. The highest BCUT2D eigenvalue weighted by molar-refractivity contribution is 7.18. The number of hydrogen-bond acceptors (Lipinski definition) is 8. The molecule has 150 valence electrons. The number of aliphatic hydroxyl groups is 1. The molecule has 0 radical (unpaired) electrons. The molecule has 0 saturated carbocycles. The molecule has 0 bridgehead atoms. The summed E-state index contributed by atoms with van der Waals surface area (Å²) >= 11 is 1.67. The monoisotopic (exact) mass is 402 g/mol. The van der Waals surface area contributed by atoms with Crippen LogP contribution in [0.15, 0.2) is 28.8 Å². The lowest BCUT2D eigenvalue weighted by molar-refractivity contribution is -0.0752. The largest absolute Gasteiger partial charge is 0.472 e. The average molecular weight is 403 g/mol. The Labute approximate surface area is 168 Å². The molecule has 1 saturated heterocycles. The number of hydrogen-bond donors (Lipinski definition) is 1. The molecule has 8 heteroatoms. The highest BCUT2D eigenvalue weighted by Crippen LogP contribution is 2.27. The van der Waals surface area contributed by atoms with E-state index in [1.807, 2.05) is 38.1 Å². The smallest absolute Gasteiger partial charge is 0.178 e. The van der Waals surface area contributed by atoms with Crippen LogP contribution in [-0.4, -0.2) is 63.6 Å². The van der Waals surface area contributed by atoms with Crippen molar-refractivity contribution in [2.75, 3.05) is 26.2 Å². The van der Waals surface area contributed by atoms with Gasteiger partial charge in [0.2, 0.25) is 0 Å². The van der Waals surface area contributed by atoms with Crippen LogP contribution in [0.4, 0.5) is 0 Å². The lowest BCUT2D eigenvalue weighted by atomic mass is 10.2. The van der Waals surface area contributed by atoms with Gasteiger partial charge < -0.3 is 14.4 Å². The van der Waals surface area contributed by atoms with Gasteiger partial charge in [-0.25, -0.2) is 4.98 Å². The number of benzene rings is 1. The number of fused-ring (bicyclic) bond motifs is 1. The number of ether oxygens (including phenoxy) is 1. The topological polar surface area (TPSA) is 74.9 Å². The van der Waals surface area contributed by atoms with Gasteiger partial charge in [-0.05, 0) is 32.9 Å². The van der Waals surface area contributed by atoms with Crippen LogP contribution in [0, 0.1) is 13.8 Å². The van der Waals surface area contributed by atoms with Crippen molar-refractivity contribution >= 4 is 21.6 Å². The van der Waals surface area contributed by atoms with Crippen molar-refractivity contribution < 1.29 is 14.4 Å². The minimum Gasteiger partial charge on any atom is -0.472 e. The number of thiazole rings is 1. The van der Waals surface area contributed by atoms with Gasteiger partial charge in [-0.2, -0.15) is 0 Å². The molecule has 1 aliphatic heterocycles. The fourth-order valence-corrected chi connectivity index (χ4v) is 4.42. The predicted molar refractivity (Wildman–Crippen MR) is 109 cm³/mol. The van der Waals surface area contributed by atoms with Crippen LogP contribution in [0.1, 0.15) is 23.4 Å². The van der Waals surface area contributed by atoms with Crippen LogP contribution < -0.4 is 4.74 Å². The van der Waals surface area contributed by atoms with Gasteiger partial charge in [-0.3, -0.25) is 9.80 Å². The van der Waals surface area contributed by atoms with E-state index >= 15 is 0 Å². The molecule has 1 N–H and O–H groups in total. The van der Waals surface area contributed by atoms with Crippen LogP contribution in [0.2, 0.25) is 0 Å². The molecule has 2 atom stereocenters. The van der Waals surface area contributed by atoms with Crippen molar-refractivity contribution in [3.05, 3.63) is 40.7 Å². The number of aryl methyl sites for hydroxylation is 2. The molecule has 28 heavy (non-hydrogen) atoms. The summed E-state index contributed by atoms with van der Waals surface area (Å²) in [4.78, 5) is 9.08. The van der Waals surface area contributed by atoms with Gasteiger partial charge in [-0.15, -0.1) is 11.3 Å². The lowest BCUT2D eigenvalue weighted by Gasteiger charge is -2.39. The Morgan fingerprint density at radius 2 is 2.00 bits per heavy atom. The van der Waals surface area contributed by atoms with Gasteiger partial charge in [0.05, 0.1) is 20.9 Å². The fourth-order valence-electron chi connectivity index (χ4n) is 3.61. The minimum atomic E-state index is -0.599. The molecular weight excluding hydrogens is 376 g/mol. The van der Waals surface area contributed by atoms with Gasteiger partial charge >= 0.3 is 0 Å². The Balaban J connectivity index is 1.39. The van der Waals surface area contributed by atoms with E-state index in [4.69, 9.17) is 9.26 Å². The molecule has 0 spiro atoms. The van der Waals surface area contributed by atoms with Gasteiger partial charge in [0.15, 0.2) is 6.23 Å². The van der Waals surface area contributed by atoms with Crippen LogP contribution in [0.5, 0.6) is 5.75 Å². The first-order chi connectivity index (χ1) is 13.5. The highest BCUT2D eigenvalue weighted by Gasteiger charge is 2.29. The Kier molecular flexibility index (Phi) is 5.63. The summed E-state index contributed by atoms with van der Waals surface area (Å²) in [6, 6.07) is 7.92. The molecule has 3 heterocycles. The van der Waals surface area contributed by atoms with Crippen molar-refractivity contribution in [3.8, 4) is 5.75 Å². The van der Waals surface area contributed by atoms with E-state index in [1.54, 1.807) is 18.3 Å². The SMILES string of the molecule is Cc1cc(CN2CCN(C(Oc3ccc4sc(C)nc4c3)[C@@H](C)O)CC2)no1. The molecule has 1 unspecified atom stereocenters. The quantitative estimate of drug-likeness (QED) is 0.679. The zero-order valence-electron chi connectivity index (χ0n) is 16.5. The van der Waals surface area contributed by atoms with Crippen molar-refractivity contribution in [1.82, 2.24) is 19.9 Å². The van der Waals surface area contributed by atoms with Crippen molar-refractivity contribution in [3.63, 3.8) is 0 Å². The third-order valence-corrected chi connectivity index (χ3v) is 5.92. The number of nitrogens with zero attached hydrogens (tertiary/aromatic N) is 4. The molecule has 1 aromatic carbocycles. The van der Waals surface area contributed by atoms with Crippen molar-refractivity contribution in [2.45, 2.75) is 39.6 Å². The molecule has 4 rings (SSSR count). The second-order valence-electron chi connectivity index (χ2n) is 7.35. The van der Waals surface area contributed by atoms with Gasteiger partial charge in [-0.1, -0.05) is 5.16 Å². The summed E-state index contributed by atoms with van der Waals surface area (Å²) in [5.74, 6) is 1.58. The first-order valence-corrected chi connectivity index (χ1v) is 10.4. The van der Waals surface area contributed by atoms with E-state index in [0.717, 1.165) is 65.2 Å². The zero-order chi connectivity index (χ0) is 19.7. The maximum atomic E-state index is 10.3. The molecule has 1 fully saturated rings. The number of aliphatic hydroxyl groups excluding tert-OH is 1. The molecular formula is C20H26N4O3S.